The van der Waals surface area contributed by atoms with Crippen LogP contribution in [0.25, 0.3) is 17.2 Å². The van der Waals surface area contributed by atoms with Crippen LogP contribution in [0.2, 0.25) is 0 Å². The van der Waals surface area contributed by atoms with Gasteiger partial charge in [0.2, 0.25) is 5.91 Å². The molecule has 0 fully saturated rings. The maximum absolute atomic E-state index is 12.7. The first kappa shape index (κ1) is 16.0. The van der Waals surface area contributed by atoms with Gasteiger partial charge < -0.3 is 0 Å². The number of hydrogen-bond donors (Lipinski definition) is 0. The van der Waals surface area contributed by atoms with Gasteiger partial charge >= 0.3 is 0 Å². The number of nitrogens with zero attached hydrogens (tertiary/aromatic N) is 1. The first-order valence-electron chi connectivity index (χ1n) is 8.06. The molecular weight excluding hydrogens is 350 g/mol. The summed E-state index contributed by atoms with van der Waals surface area (Å²) in [6, 6.07) is 16.4. The van der Waals surface area contributed by atoms with E-state index in [4.69, 9.17) is 0 Å². The number of carbonyl (C=O) groups is 1. The molecule has 0 radical (unpaired) electrons. The first-order valence-corrected chi connectivity index (χ1v) is 9.18. The summed E-state index contributed by atoms with van der Waals surface area (Å²) in [7, 11) is 0. The third-order valence-electron chi connectivity index (χ3n) is 4.11. The van der Waals surface area contributed by atoms with Crippen LogP contribution in [0.1, 0.15) is 31.2 Å². The molecule has 1 amide bonds. The van der Waals surface area contributed by atoms with E-state index >= 15 is 0 Å². The molecule has 0 unspecified atom stereocenters. The van der Waals surface area contributed by atoms with Crippen molar-refractivity contribution in [1.82, 2.24) is 0 Å². The quantitative estimate of drug-likeness (QED) is 0.494. The Balaban J connectivity index is 1.90. The molecule has 1 heterocycles. The molecule has 0 N–H and O–H groups in total. The molecule has 1 aliphatic rings. The predicted molar refractivity (Wildman–Crippen MR) is 101 cm³/mol. The van der Waals surface area contributed by atoms with Gasteiger partial charge in [-0.2, -0.15) is 0 Å². The van der Waals surface area contributed by atoms with Crippen molar-refractivity contribution in [2.75, 3.05) is 10.2 Å². The number of halogens is 1. The van der Waals surface area contributed by atoms with Gasteiger partial charge in [-0.05, 0) is 36.1 Å². The summed E-state index contributed by atoms with van der Waals surface area (Å²) < 4.78 is 0. The van der Waals surface area contributed by atoms with Crippen LogP contribution in [-0.4, -0.2) is 11.2 Å². The number of para-hydroxylation sites is 1. The number of hydrogen-bond acceptors (Lipinski definition) is 1. The zero-order valence-electron chi connectivity index (χ0n) is 13.0. The Bertz CT molecular complexity index is 723. The van der Waals surface area contributed by atoms with Gasteiger partial charge in [-0.15, -0.1) is 0 Å². The fourth-order valence-electron chi connectivity index (χ4n) is 2.92. The lowest BCUT2D eigenvalue weighted by molar-refractivity contribution is -0.118. The van der Waals surface area contributed by atoms with Gasteiger partial charge in [0.1, 0.15) is 0 Å². The van der Waals surface area contributed by atoms with Crippen molar-refractivity contribution < 1.29 is 4.79 Å². The SMILES string of the molecule is O=C(CCCCCBr)N1C=Cc2ccccc2-c2ccccc21. The second-order valence-corrected chi connectivity index (χ2v) is 6.48. The van der Waals surface area contributed by atoms with E-state index in [-0.39, 0.29) is 5.91 Å². The monoisotopic (exact) mass is 369 g/mol. The molecule has 0 aromatic heterocycles. The second-order valence-electron chi connectivity index (χ2n) is 5.68. The number of alkyl halides is 1. The van der Waals surface area contributed by atoms with Crippen molar-refractivity contribution in [3.63, 3.8) is 0 Å². The van der Waals surface area contributed by atoms with Crippen LogP contribution in [0.4, 0.5) is 5.69 Å². The summed E-state index contributed by atoms with van der Waals surface area (Å²) in [5.74, 6) is 0.163. The zero-order chi connectivity index (χ0) is 16.1. The van der Waals surface area contributed by atoms with Crippen molar-refractivity contribution in [3.8, 4) is 11.1 Å². The highest BCUT2D eigenvalue weighted by molar-refractivity contribution is 9.09. The fourth-order valence-corrected chi connectivity index (χ4v) is 3.32. The number of fused-ring (bicyclic) bond motifs is 3. The topological polar surface area (TPSA) is 20.3 Å². The van der Waals surface area contributed by atoms with E-state index in [0.717, 1.165) is 41.4 Å². The van der Waals surface area contributed by atoms with Crippen LogP contribution < -0.4 is 4.90 Å². The molecule has 3 rings (SSSR count). The summed E-state index contributed by atoms with van der Waals surface area (Å²) in [4.78, 5) is 14.5. The predicted octanol–water partition coefficient (Wildman–Crippen LogP) is 5.63. The maximum Gasteiger partial charge on any atom is 0.231 e. The Kier molecular flexibility index (Phi) is 5.29. The summed E-state index contributed by atoms with van der Waals surface area (Å²) in [5.41, 5.74) is 4.41. The minimum atomic E-state index is 0.163. The van der Waals surface area contributed by atoms with Gasteiger partial charge in [0.15, 0.2) is 0 Å². The highest BCUT2D eigenvalue weighted by atomic mass is 79.9. The van der Waals surface area contributed by atoms with Crippen LogP contribution in [0.3, 0.4) is 0 Å². The lowest BCUT2D eigenvalue weighted by Gasteiger charge is -2.20. The Morgan fingerprint density at radius 3 is 2.48 bits per heavy atom. The number of benzene rings is 2. The van der Waals surface area contributed by atoms with Crippen molar-refractivity contribution >= 4 is 33.6 Å². The smallest absolute Gasteiger partial charge is 0.231 e. The zero-order valence-corrected chi connectivity index (χ0v) is 14.6. The maximum atomic E-state index is 12.7. The van der Waals surface area contributed by atoms with Gasteiger partial charge in [-0.1, -0.05) is 64.8 Å². The van der Waals surface area contributed by atoms with E-state index in [0.29, 0.717) is 6.42 Å². The summed E-state index contributed by atoms with van der Waals surface area (Å²) in [6.07, 6.45) is 7.66. The van der Waals surface area contributed by atoms with Crippen LogP contribution in [-0.2, 0) is 4.79 Å². The van der Waals surface area contributed by atoms with Gasteiger partial charge in [0, 0.05) is 23.5 Å². The third-order valence-corrected chi connectivity index (χ3v) is 4.67. The molecule has 2 nitrogen and oxygen atoms in total. The van der Waals surface area contributed by atoms with Crippen LogP contribution in [0.15, 0.2) is 54.7 Å². The number of unbranched alkanes of at least 4 members (excludes halogenated alkanes) is 2. The van der Waals surface area contributed by atoms with E-state index in [2.05, 4.69) is 34.1 Å². The Hall–Kier alpha value is -1.87. The molecule has 2 aromatic carbocycles. The molecule has 0 atom stereocenters. The third kappa shape index (κ3) is 3.56. The molecule has 0 spiro atoms. The normalized spacial score (nSPS) is 12.5. The number of amides is 1. The van der Waals surface area contributed by atoms with Crippen molar-refractivity contribution in [2.45, 2.75) is 25.7 Å². The van der Waals surface area contributed by atoms with Gasteiger partial charge in [-0.25, -0.2) is 0 Å². The average molecular weight is 370 g/mol. The minimum Gasteiger partial charge on any atom is -0.287 e. The number of carbonyl (C=O) groups excluding carboxylic acids is 1. The highest BCUT2D eigenvalue weighted by Gasteiger charge is 2.20. The first-order chi connectivity index (χ1) is 11.3. The highest BCUT2D eigenvalue weighted by Crippen LogP contribution is 2.36. The van der Waals surface area contributed by atoms with Crippen molar-refractivity contribution in [2.24, 2.45) is 0 Å². The van der Waals surface area contributed by atoms with Gasteiger partial charge in [0.05, 0.1) is 5.69 Å². The standard InChI is InChI=1S/C20H20BrNO/c21-14-7-1-2-12-20(23)22-15-13-16-8-3-4-9-17(16)18-10-5-6-11-19(18)22/h3-6,8-11,13,15H,1-2,7,12,14H2. The summed E-state index contributed by atoms with van der Waals surface area (Å²) in [5, 5.41) is 1.00. The van der Waals surface area contributed by atoms with E-state index in [1.807, 2.05) is 47.5 Å². The molecule has 1 aliphatic heterocycles. The molecule has 0 saturated heterocycles. The molecule has 118 valence electrons. The van der Waals surface area contributed by atoms with Crippen molar-refractivity contribution in [1.29, 1.82) is 0 Å². The molecule has 2 aromatic rings. The molecular formula is C20H20BrNO. The van der Waals surface area contributed by atoms with Crippen LogP contribution >= 0.6 is 15.9 Å². The Morgan fingerprint density at radius 1 is 0.913 bits per heavy atom. The van der Waals surface area contributed by atoms with Gasteiger partial charge in [-0.3, -0.25) is 9.69 Å². The minimum absolute atomic E-state index is 0.163. The molecule has 3 heteroatoms. The van der Waals surface area contributed by atoms with Crippen LogP contribution in [0.5, 0.6) is 0 Å². The summed E-state index contributed by atoms with van der Waals surface area (Å²) >= 11 is 3.43. The van der Waals surface area contributed by atoms with E-state index < -0.39 is 0 Å². The fraction of sp³-hybridized carbons (Fsp3) is 0.250. The van der Waals surface area contributed by atoms with E-state index in [1.165, 1.54) is 5.56 Å². The average Bonchev–Trinajstić information content (AvgIpc) is 2.76. The van der Waals surface area contributed by atoms with E-state index in [1.54, 1.807) is 0 Å². The second kappa shape index (κ2) is 7.60. The largest absolute Gasteiger partial charge is 0.287 e. The van der Waals surface area contributed by atoms with Crippen molar-refractivity contribution in [3.05, 3.63) is 60.3 Å². The van der Waals surface area contributed by atoms with Gasteiger partial charge in [0.25, 0.3) is 0 Å². The van der Waals surface area contributed by atoms with E-state index in [9.17, 15) is 4.79 Å². The number of rotatable bonds is 5. The molecule has 0 bridgehead atoms. The lowest BCUT2D eigenvalue weighted by atomic mass is 9.99. The Morgan fingerprint density at radius 2 is 1.65 bits per heavy atom. The Labute approximate surface area is 146 Å². The number of anilines is 1. The molecule has 0 saturated carbocycles. The van der Waals surface area contributed by atoms with Crippen LogP contribution in [0, 0.1) is 0 Å². The summed E-state index contributed by atoms with van der Waals surface area (Å²) in [6.45, 7) is 0. The molecule has 0 aliphatic carbocycles. The molecule has 23 heavy (non-hydrogen) atoms. The lowest BCUT2D eigenvalue weighted by Crippen LogP contribution is -2.24.